The van der Waals surface area contributed by atoms with Crippen LogP contribution in [0.4, 0.5) is 0 Å². The van der Waals surface area contributed by atoms with Crippen LogP contribution in [0.1, 0.15) is 38.8 Å². The molecule has 0 amide bonds. The van der Waals surface area contributed by atoms with Gasteiger partial charge >= 0.3 is 0 Å². The van der Waals surface area contributed by atoms with Gasteiger partial charge in [0.1, 0.15) is 22.4 Å². The van der Waals surface area contributed by atoms with E-state index in [0.717, 1.165) is 6.54 Å². The highest BCUT2D eigenvalue weighted by Crippen LogP contribution is 2.34. The number of nitrogens with zero attached hydrogens (tertiary/aromatic N) is 2. The summed E-state index contributed by atoms with van der Waals surface area (Å²) in [6.45, 7) is 8.10. The Morgan fingerprint density at radius 1 is 1.23 bits per heavy atom. The molecular weight excluding hydrogens is 464 g/mol. The lowest BCUT2D eigenvalue weighted by molar-refractivity contribution is 0.0733. The second kappa shape index (κ2) is 11.1. The van der Waals surface area contributed by atoms with E-state index in [1.54, 1.807) is 32.9 Å². The van der Waals surface area contributed by atoms with Gasteiger partial charge in [-0.15, -0.1) is 0 Å². The van der Waals surface area contributed by atoms with E-state index in [0.29, 0.717) is 12.1 Å². The Kier molecular flexibility index (Phi) is 8.63. The summed E-state index contributed by atoms with van der Waals surface area (Å²) in [5.74, 6) is 5.75. The van der Waals surface area contributed by atoms with Crippen LogP contribution in [0.15, 0.2) is 53.4 Å². The Balaban J connectivity index is 2.00. The quantitative estimate of drug-likeness (QED) is 0.593. The number of rotatable bonds is 6. The molecule has 7 nitrogen and oxygen atoms in total. The summed E-state index contributed by atoms with van der Waals surface area (Å²) in [5, 5.41) is 19.8. The molecule has 0 aliphatic carbocycles. The molecule has 8 heteroatoms. The van der Waals surface area contributed by atoms with Gasteiger partial charge in [-0.1, -0.05) is 49.1 Å². The zero-order valence-electron chi connectivity index (χ0n) is 21.1. The summed E-state index contributed by atoms with van der Waals surface area (Å²) in [5.41, 5.74) is 0.547. The first-order valence-corrected chi connectivity index (χ1v) is 13.3. The van der Waals surface area contributed by atoms with Gasteiger partial charge in [-0.3, -0.25) is 4.90 Å². The van der Waals surface area contributed by atoms with Gasteiger partial charge in [-0.25, -0.2) is 8.42 Å². The Hall–Kier alpha value is -2.41. The van der Waals surface area contributed by atoms with Crippen molar-refractivity contribution >= 4 is 10.0 Å². The van der Waals surface area contributed by atoms with Crippen molar-refractivity contribution < 1.29 is 23.4 Å². The Morgan fingerprint density at radius 3 is 2.54 bits per heavy atom. The number of fused-ring (bicyclic) bond motifs is 1. The highest BCUT2D eigenvalue weighted by Gasteiger charge is 2.38. The van der Waals surface area contributed by atoms with E-state index in [4.69, 9.17) is 4.74 Å². The fraction of sp³-hybridized carbons (Fsp3) is 0.481. The molecule has 1 heterocycles. The van der Waals surface area contributed by atoms with E-state index in [2.05, 4.69) is 28.9 Å². The summed E-state index contributed by atoms with van der Waals surface area (Å²) < 4.78 is 34.9. The first-order valence-electron chi connectivity index (χ1n) is 11.8. The van der Waals surface area contributed by atoms with E-state index >= 15 is 0 Å². The van der Waals surface area contributed by atoms with Crippen LogP contribution in [0.3, 0.4) is 0 Å². The average molecular weight is 501 g/mol. The van der Waals surface area contributed by atoms with Crippen molar-refractivity contribution in [3.8, 4) is 17.6 Å². The predicted molar refractivity (Wildman–Crippen MR) is 136 cm³/mol. The Labute approximate surface area is 209 Å². The number of benzene rings is 2. The third-order valence-electron chi connectivity index (χ3n) is 5.97. The van der Waals surface area contributed by atoms with Crippen LogP contribution >= 0.6 is 0 Å². The van der Waals surface area contributed by atoms with Crippen molar-refractivity contribution in [3.63, 3.8) is 0 Å². The zero-order valence-corrected chi connectivity index (χ0v) is 21.9. The molecule has 2 N–H and O–H groups in total. The summed E-state index contributed by atoms with van der Waals surface area (Å²) in [6.07, 6.45) is -0.302. The SMILES string of the molecule is C[C@@H]1CN([C@H](C)CO)S(=O)(=O)c2ccc(C#CC(C)(C)O)cc2O[C@H]1CN(C)Cc1ccccc1. The molecular formula is C27H36N2O5S. The van der Waals surface area contributed by atoms with Crippen LogP contribution < -0.4 is 4.74 Å². The zero-order chi connectivity index (χ0) is 25.8. The number of likely N-dealkylation sites (N-methyl/N-ethyl adjacent to an activating group) is 1. The summed E-state index contributed by atoms with van der Waals surface area (Å²) in [4.78, 5) is 2.21. The lowest BCUT2D eigenvalue weighted by atomic mass is 10.0. The molecule has 2 aromatic carbocycles. The van der Waals surface area contributed by atoms with E-state index in [1.165, 1.54) is 15.9 Å². The molecule has 2 aromatic rings. The number of hydrogen-bond donors (Lipinski definition) is 2. The first-order chi connectivity index (χ1) is 16.4. The van der Waals surface area contributed by atoms with Gasteiger partial charge in [0, 0.05) is 37.2 Å². The largest absolute Gasteiger partial charge is 0.487 e. The Bertz CT molecular complexity index is 1170. The van der Waals surface area contributed by atoms with Crippen molar-refractivity contribution in [2.75, 3.05) is 26.7 Å². The first kappa shape index (κ1) is 27.2. The molecule has 0 saturated carbocycles. The van der Waals surface area contributed by atoms with Crippen LogP contribution in [-0.4, -0.2) is 72.3 Å². The van der Waals surface area contributed by atoms with Gasteiger partial charge < -0.3 is 14.9 Å². The molecule has 0 radical (unpaired) electrons. The van der Waals surface area contributed by atoms with Crippen molar-refractivity contribution in [2.24, 2.45) is 5.92 Å². The fourth-order valence-corrected chi connectivity index (χ4v) is 5.84. The molecule has 0 unspecified atom stereocenters. The van der Waals surface area contributed by atoms with Gasteiger partial charge in [-0.2, -0.15) is 4.31 Å². The molecule has 0 fully saturated rings. The molecule has 1 aliphatic rings. The molecule has 3 rings (SSSR count). The number of sulfonamides is 1. The number of ether oxygens (including phenoxy) is 1. The van der Waals surface area contributed by atoms with E-state index in [-0.39, 0.29) is 35.8 Å². The van der Waals surface area contributed by atoms with E-state index in [1.807, 2.05) is 32.2 Å². The van der Waals surface area contributed by atoms with Gasteiger partial charge in [0.15, 0.2) is 0 Å². The van der Waals surface area contributed by atoms with Gasteiger partial charge in [-0.05, 0) is 51.6 Å². The van der Waals surface area contributed by atoms with Crippen LogP contribution in [0.5, 0.6) is 5.75 Å². The lowest BCUT2D eigenvalue weighted by Crippen LogP contribution is -2.49. The van der Waals surface area contributed by atoms with Crippen LogP contribution in [-0.2, 0) is 16.6 Å². The maximum atomic E-state index is 13.6. The van der Waals surface area contributed by atoms with Gasteiger partial charge in [0.25, 0.3) is 0 Å². The smallest absolute Gasteiger partial charge is 0.247 e. The van der Waals surface area contributed by atoms with E-state index < -0.39 is 21.7 Å². The number of aliphatic hydroxyl groups is 2. The minimum atomic E-state index is -3.91. The van der Waals surface area contributed by atoms with Gasteiger partial charge in [0.05, 0.1) is 6.61 Å². The maximum Gasteiger partial charge on any atom is 0.247 e. The molecule has 3 atom stereocenters. The molecule has 0 bridgehead atoms. The standard InChI is InChI=1S/C27H36N2O5S/c1-20-16-29(21(2)19-30)35(32,33)26-12-11-22(13-14-27(3,4)31)15-24(26)34-25(20)18-28(5)17-23-9-7-6-8-10-23/h6-12,15,20-21,25,30-31H,16-19H2,1-5H3/t20-,21-,25+/m1/s1. The highest BCUT2D eigenvalue weighted by atomic mass is 32.2. The molecule has 35 heavy (non-hydrogen) atoms. The summed E-state index contributed by atoms with van der Waals surface area (Å²) >= 11 is 0. The molecule has 1 aliphatic heterocycles. The van der Waals surface area contributed by atoms with Gasteiger partial charge in [0.2, 0.25) is 10.0 Å². The monoisotopic (exact) mass is 500 g/mol. The molecule has 0 aromatic heterocycles. The third kappa shape index (κ3) is 7.06. The normalized spacial score (nSPS) is 21.1. The molecule has 0 spiro atoms. The Morgan fingerprint density at radius 2 is 1.91 bits per heavy atom. The lowest BCUT2D eigenvalue weighted by Gasteiger charge is -2.37. The molecule has 190 valence electrons. The third-order valence-corrected chi connectivity index (χ3v) is 7.99. The second-order valence-corrected chi connectivity index (χ2v) is 11.8. The predicted octanol–water partition coefficient (Wildman–Crippen LogP) is 2.71. The summed E-state index contributed by atoms with van der Waals surface area (Å²) in [6, 6.07) is 14.3. The van der Waals surface area contributed by atoms with Crippen molar-refractivity contribution in [1.82, 2.24) is 9.21 Å². The number of aliphatic hydroxyl groups excluding tert-OH is 1. The van der Waals surface area contributed by atoms with Crippen molar-refractivity contribution in [1.29, 1.82) is 0 Å². The van der Waals surface area contributed by atoms with E-state index in [9.17, 15) is 18.6 Å². The maximum absolute atomic E-state index is 13.6. The fourth-order valence-electron chi connectivity index (χ4n) is 4.01. The van der Waals surface area contributed by atoms with Crippen molar-refractivity contribution in [3.05, 3.63) is 59.7 Å². The van der Waals surface area contributed by atoms with Crippen LogP contribution in [0.25, 0.3) is 0 Å². The van der Waals surface area contributed by atoms with Crippen LogP contribution in [0.2, 0.25) is 0 Å². The molecule has 0 saturated heterocycles. The van der Waals surface area contributed by atoms with Crippen LogP contribution in [0, 0.1) is 17.8 Å². The number of hydrogen-bond acceptors (Lipinski definition) is 6. The minimum Gasteiger partial charge on any atom is -0.487 e. The average Bonchev–Trinajstić information content (AvgIpc) is 2.79. The topological polar surface area (TPSA) is 90.3 Å². The highest BCUT2D eigenvalue weighted by molar-refractivity contribution is 7.89. The van der Waals surface area contributed by atoms with Crippen molar-refractivity contribution in [2.45, 2.75) is 56.9 Å². The minimum absolute atomic E-state index is 0.0502. The summed E-state index contributed by atoms with van der Waals surface area (Å²) in [7, 11) is -1.90. The second-order valence-electron chi connectivity index (χ2n) is 9.89.